The van der Waals surface area contributed by atoms with Gasteiger partial charge in [0.1, 0.15) is 0 Å². The molecule has 3 nitrogen and oxygen atoms in total. The van der Waals surface area contributed by atoms with Crippen LogP contribution in [-0.4, -0.2) is 24.1 Å². The summed E-state index contributed by atoms with van der Waals surface area (Å²) in [7, 11) is 0. The van der Waals surface area contributed by atoms with Crippen LogP contribution in [0.2, 0.25) is 0 Å². The lowest BCUT2D eigenvalue weighted by Crippen LogP contribution is -2.29. The van der Waals surface area contributed by atoms with Gasteiger partial charge in [-0.1, -0.05) is 26.2 Å². The number of anilines is 2. The molecule has 3 heteroatoms. The molecule has 0 bridgehead atoms. The van der Waals surface area contributed by atoms with Crippen LogP contribution >= 0.6 is 0 Å². The van der Waals surface area contributed by atoms with Crippen molar-refractivity contribution in [2.45, 2.75) is 57.9 Å². The molecule has 0 spiro atoms. The van der Waals surface area contributed by atoms with Gasteiger partial charge in [0.25, 0.3) is 0 Å². The summed E-state index contributed by atoms with van der Waals surface area (Å²) in [4.78, 5) is 7.06. The highest BCUT2D eigenvalue weighted by atomic mass is 15.2. The SMILES string of the molecule is CCC1CCCC(Nc2cccnc2N2CCCC2)C1. The standard InChI is InChI=1S/C17H27N3/c1-2-14-7-5-8-15(13-14)19-16-9-6-10-18-17(16)20-11-3-4-12-20/h6,9-10,14-15,19H,2-5,7-8,11-13H2,1H3. The second kappa shape index (κ2) is 6.47. The Morgan fingerprint density at radius 2 is 2.10 bits per heavy atom. The second-order valence-corrected chi connectivity index (χ2v) is 6.35. The third-order valence-corrected chi connectivity index (χ3v) is 4.91. The highest BCUT2D eigenvalue weighted by molar-refractivity contribution is 5.66. The molecule has 0 aromatic carbocycles. The van der Waals surface area contributed by atoms with Crippen LogP contribution in [0.3, 0.4) is 0 Å². The first-order valence-electron chi connectivity index (χ1n) is 8.33. The highest BCUT2D eigenvalue weighted by Crippen LogP contribution is 2.32. The van der Waals surface area contributed by atoms with E-state index in [2.05, 4.69) is 34.3 Å². The van der Waals surface area contributed by atoms with Crippen LogP contribution < -0.4 is 10.2 Å². The molecular weight excluding hydrogens is 246 g/mol. The van der Waals surface area contributed by atoms with Crippen LogP contribution in [0.4, 0.5) is 11.5 Å². The molecule has 0 radical (unpaired) electrons. The maximum atomic E-state index is 4.63. The summed E-state index contributed by atoms with van der Waals surface area (Å²) in [6, 6.07) is 4.90. The zero-order chi connectivity index (χ0) is 13.8. The molecule has 1 aromatic heterocycles. The van der Waals surface area contributed by atoms with E-state index in [1.807, 2.05) is 6.20 Å². The van der Waals surface area contributed by atoms with Gasteiger partial charge < -0.3 is 10.2 Å². The number of aromatic nitrogens is 1. The van der Waals surface area contributed by atoms with Gasteiger partial charge in [0, 0.05) is 25.3 Å². The molecule has 1 aromatic rings. The fraction of sp³-hybridized carbons (Fsp3) is 0.706. The van der Waals surface area contributed by atoms with E-state index in [0.29, 0.717) is 6.04 Å². The minimum absolute atomic E-state index is 0.638. The maximum Gasteiger partial charge on any atom is 0.151 e. The quantitative estimate of drug-likeness (QED) is 0.896. The molecule has 0 amide bonds. The molecular formula is C17H27N3. The minimum atomic E-state index is 0.638. The lowest BCUT2D eigenvalue weighted by atomic mass is 9.84. The zero-order valence-corrected chi connectivity index (χ0v) is 12.6. The normalized spacial score (nSPS) is 26.8. The molecule has 1 aliphatic carbocycles. The number of pyridine rings is 1. The molecule has 1 N–H and O–H groups in total. The van der Waals surface area contributed by atoms with Crippen molar-refractivity contribution in [2.75, 3.05) is 23.3 Å². The van der Waals surface area contributed by atoms with Crippen molar-refractivity contribution in [2.24, 2.45) is 5.92 Å². The van der Waals surface area contributed by atoms with Gasteiger partial charge in [-0.25, -0.2) is 4.98 Å². The first-order valence-corrected chi connectivity index (χ1v) is 8.33. The summed E-state index contributed by atoms with van der Waals surface area (Å²) in [6.45, 7) is 4.65. The first-order chi connectivity index (χ1) is 9.86. The largest absolute Gasteiger partial charge is 0.379 e. The summed E-state index contributed by atoms with van der Waals surface area (Å²) in [6.07, 6.45) is 11.3. The van der Waals surface area contributed by atoms with Crippen molar-refractivity contribution in [1.29, 1.82) is 0 Å². The number of hydrogen-bond acceptors (Lipinski definition) is 3. The molecule has 110 valence electrons. The van der Waals surface area contributed by atoms with E-state index in [0.717, 1.165) is 19.0 Å². The molecule has 2 heterocycles. The Kier molecular flexibility index (Phi) is 4.44. The van der Waals surface area contributed by atoms with E-state index in [9.17, 15) is 0 Å². The lowest BCUT2D eigenvalue weighted by molar-refractivity contribution is 0.327. The van der Waals surface area contributed by atoms with E-state index < -0.39 is 0 Å². The van der Waals surface area contributed by atoms with Crippen LogP contribution in [0.15, 0.2) is 18.3 Å². The molecule has 2 unspecified atom stereocenters. The van der Waals surface area contributed by atoms with Gasteiger partial charge >= 0.3 is 0 Å². The lowest BCUT2D eigenvalue weighted by Gasteiger charge is -2.31. The predicted molar refractivity (Wildman–Crippen MR) is 85.3 cm³/mol. The van der Waals surface area contributed by atoms with Gasteiger partial charge in [0.05, 0.1) is 5.69 Å². The van der Waals surface area contributed by atoms with Crippen LogP contribution in [-0.2, 0) is 0 Å². The van der Waals surface area contributed by atoms with Crippen molar-refractivity contribution < 1.29 is 0 Å². The molecule has 1 saturated heterocycles. The van der Waals surface area contributed by atoms with E-state index in [4.69, 9.17) is 0 Å². The number of nitrogens with one attached hydrogen (secondary N) is 1. The molecule has 2 atom stereocenters. The number of hydrogen-bond donors (Lipinski definition) is 1. The average molecular weight is 273 g/mol. The van der Waals surface area contributed by atoms with Gasteiger partial charge in [-0.2, -0.15) is 0 Å². The van der Waals surface area contributed by atoms with E-state index in [1.54, 1.807) is 0 Å². The van der Waals surface area contributed by atoms with E-state index in [1.165, 1.54) is 56.5 Å². The molecule has 2 aliphatic rings. The van der Waals surface area contributed by atoms with Gasteiger partial charge in [-0.3, -0.25) is 0 Å². The molecule has 2 fully saturated rings. The Bertz CT molecular complexity index is 426. The third kappa shape index (κ3) is 3.08. The topological polar surface area (TPSA) is 28.2 Å². The summed E-state index contributed by atoms with van der Waals surface area (Å²) in [5, 5.41) is 3.79. The summed E-state index contributed by atoms with van der Waals surface area (Å²) in [5.74, 6) is 2.08. The second-order valence-electron chi connectivity index (χ2n) is 6.35. The Balaban J connectivity index is 1.70. The van der Waals surface area contributed by atoms with Crippen molar-refractivity contribution in [3.05, 3.63) is 18.3 Å². The fourth-order valence-electron chi connectivity index (χ4n) is 3.70. The minimum Gasteiger partial charge on any atom is -0.379 e. The summed E-state index contributed by atoms with van der Waals surface area (Å²) >= 11 is 0. The molecule has 20 heavy (non-hydrogen) atoms. The van der Waals surface area contributed by atoms with Crippen LogP contribution in [0.25, 0.3) is 0 Å². The first kappa shape index (κ1) is 13.7. The molecule has 3 rings (SSSR count). The Morgan fingerprint density at radius 1 is 1.25 bits per heavy atom. The Hall–Kier alpha value is -1.25. The van der Waals surface area contributed by atoms with Crippen molar-refractivity contribution >= 4 is 11.5 Å². The van der Waals surface area contributed by atoms with E-state index in [-0.39, 0.29) is 0 Å². The highest BCUT2D eigenvalue weighted by Gasteiger charge is 2.23. The fourth-order valence-corrected chi connectivity index (χ4v) is 3.70. The smallest absolute Gasteiger partial charge is 0.151 e. The summed E-state index contributed by atoms with van der Waals surface area (Å²) in [5.41, 5.74) is 1.25. The number of nitrogens with zero attached hydrogens (tertiary/aromatic N) is 2. The van der Waals surface area contributed by atoms with Gasteiger partial charge in [0.15, 0.2) is 5.82 Å². The maximum absolute atomic E-state index is 4.63. The van der Waals surface area contributed by atoms with Gasteiger partial charge in [-0.05, 0) is 43.7 Å². The van der Waals surface area contributed by atoms with Crippen molar-refractivity contribution in [3.63, 3.8) is 0 Å². The van der Waals surface area contributed by atoms with E-state index >= 15 is 0 Å². The van der Waals surface area contributed by atoms with Gasteiger partial charge in [0.2, 0.25) is 0 Å². The Labute approximate surface area is 122 Å². The molecule has 1 saturated carbocycles. The Morgan fingerprint density at radius 3 is 2.90 bits per heavy atom. The van der Waals surface area contributed by atoms with Gasteiger partial charge in [-0.15, -0.1) is 0 Å². The predicted octanol–water partition coefficient (Wildman–Crippen LogP) is 4.06. The zero-order valence-electron chi connectivity index (χ0n) is 12.6. The van der Waals surface area contributed by atoms with Crippen molar-refractivity contribution in [3.8, 4) is 0 Å². The van der Waals surface area contributed by atoms with Crippen LogP contribution in [0, 0.1) is 5.92 Å². The summed E-state index contributed by atoms with van der Waals surface area (Å²) < 4.78 is 0. The van der Waals surface area contributed by atoms with Crippen LogP contribution in [0.1, 0.15) is 51.9 Å². The number of rotatable bonds is 4. The van der Waals surface area contributed by atoms with Crippen LogP contribution in [0.5, 0.6) is 0 Å². The monoisotopic (exact) mass is 273 g/mol. The third-order valence-electron chi connectivity index (χ3n) is 4.91. The molecule has 1 aliphatic heterocycles. The van der Waals surface area contributed by atoms with Crippen molar-refractivity contribution in [1.82, 2.24) is 4.98 Å². The average Bonchev–Trinajstić information content (AvgIpc) is 3.02.